The normalized spacial score (nSPS) is 10.6. The van der Waals surface area contributed by atoms with Crippen molar-refractivity contribution in [2.24, 2.45) is 0 Å². The van der Waals surface area contributed by atoms with Gasteiger partial charge >= 0.3 is 0 Å². The van der Waals surface area contributed by atoms with E-state index in [9.17, 15) is 4.79 Å². The summed E-state index contributed by atoms with van der Waals surface area (Å²) in [7, 11) is 1.51. The summed E-state index contributed by atoms with van der Waals surface area (Å²) in [5, 5.41) is 5.97. The highest BCUT2D eigenvalue weighted by molar-refractivity contribution is 7.16. The Morgan fingerprint density at radius 1 is 1.47 bits per heavy atom. The van der Waals surface area contributed by atoms with Crippen LogP contribution in [0.3, 0.4) is 0 Å². The van der Waals surface area contributed by atoms with Gasteiger partial charge in [0.05, 0.1) is 15.6 Å². The molecule has 0 spiro atoms. The summed E-state index contributed by atoms with van der Waals surface area (Å²) in [6.07, 6.45) is 0.837. The summed E-state index contributed by atoms with van der Waals surface area (Å²) in [5.74, 6) is -0.0746. The molecule has 0 atom stereocenters. The Labute approximate surface area is 120 Å². The average molecular weight is 296 g/mol. The quantitative estimate of drug-likeness (QED) is 0.891. The zero-order valence-corrected chi connectivity index (χ0v) is 12.6. The van der Waals surface area contributed by atoms with Gasteiger partial charge in [0.2, 0.25) is 5.91 Å². The molecule has 0 bridgehead atoms. The van der Waals surface area contributed by atoms with Crippen LogP contribution in [-0.2, 0) is 16.0 Å². The molecule has 0 aliphatic carbocycles. The van der Waals surface area contributed by atoms with E-state index in [4.69, 9.17) is 4.74 Å². The first-order valence-corrected chi connectivity index (χ1v) is 7.65. The van der Waals surface area contributed by atoms with Crippen LogP contribution in [-0.4, -0.2) is 31.2 Å². The molecule has 1 amide bonds. The van der Waals surface area contributed by atoms with E-state index in [0.717, 1.165) is 17.1 Å². The number of thiophene rings is 1. The van der Waals surface area contributed by atoms with E-state index in [1.807, 2.05) is 6.92 Å². The van der Waals surface area contributed by atoms with Crippen molar-refractivity contribution in [3.8, 4) is 10.6 Å². The number of carbonyl (C=O) groups excluding carboxylic acids is 1. The number of rotatable bonds is 6. The van der Waals surface area contributed by atoms with Gasteiger partial charge in [-0.15, -0.1) is 22.7 Å². The second-order valence-corrected chi connectivity index (χ2v) is 6.28. The second kappa shape index (κ2) is 6.79. The summed E-state index contributed by atoms with van der Waals surface area (Å²) in [6.45, 7) is 2.76. The van der Waals surface area contributed by atoms with E-state index in [2.05, 4.69) is 27.8 Å². The molecule has 0 fully saturated rings. The Morgan fingerprint density at radius 3 is 3.00 bits per heavy atom. The molecule has 0 aromatic carbocycles. The lowest BCUT2D eigenvalue weighted by Crippen LogP contribution is -2.28. The van der Waals surface area contributed by atoms with Crippen molar-refractivity contribution >= 4 is 28.6 Å². The van der Waals surface area contributed by atoms with Gasteiger partial charge in [0.15, 0.2) is 0 Å². The van der Waals surface area contributed by atoms with Crippen molar-refractivity contribution in [2.75, 3.05) is 20.3 Å². The van der Waals surface area contributed by atoms with Crippen LogP contribution in [0.15, 0.2) is 17.5 Å². The molecule has 0 unspecified atom stereocenters. The smallest absolute Gasteiger partial charge is 0.245 e. The molecule has 0 radical (unpaired) electrons. The Hall–Kier alpha value is -1.24. The van der Waals surface area contributed by atoms with Crippen LogP contribution in [0.5, 0.6) is 0 Å². The Balaban J connectivity index is 1.86. The van der Waals surface area contributed by atoms with Crippen LogP contribution in [0.2, 0.25) is 0 Å². The van der Waals surface area contributed by atoms with Crippen LogP contribution in [0.4, 0.5) is 0 Å². The molecule has 2 aromatic heterocycles. The van der Waals surface area contributed by atoms with Crippen molar-refractivity contribution in [3.05, 3.63) is 27.4 Å². The molecule has 2 aromatic rings. The molecular weight excluding hydrogens is 280 g/mol. The minimum absolute atomic E-state index is 0.0746. The van der Waals surface area contributed by atoms with Crippen LogP contribution in [0.25, 0.3) is 10.6 Å². The Kier molecular flexibility index (Phi) is 5.07. The van der Waals surface area contributed by atoms with Crippen LogP contribution in [0.1, 0.15) is 9.88 Å². The van der Waals surface area contributed by atoms with Gasteiger partial charge in [0.25, 0.3) is 0 Å². The summed E-state index contributed by atoms with van der Waals surface area (Å²) in [5.41, 5.74) is 1.04. The van der Waals surface area contributed by atoms with E-state index >= 15 is 0 Å². The number of nitrogens with zero attached hydrogens (tertiary/aromatic N) is 1. The molecule has 4 nitrogen and oxygen atoms in total. The van der Waals surface area contributed by atoms with Gasteiger partial charge in [-0.2, -0.15) is 0 Å². The lowest BCUT2D eigenvalue weighted by Gasteiger charge is -2.02. The predicted molar refractivity (Wildman–Crippen MR) is 78.8 cm³/mol. The largest absolute Gasteiger partial charge is 0.375 e. The third-order valence-corrected chi connectivity index (χ3v) is 4.44. The highest BCUT2D eigenvalue weighted by Crippen LogP contribution is 2.29. The molecule has 6 heteroatoms. The van der Waals surface area contributed by atoms with Gasteiger partial charge in [-0.25, -0.2) is 4.98 Å². The monoisotopic (exact) mass is 296 g/mol. The number of aromatic nitrogens is 1. The minimum atomic E-state index is -0.0746. The van der Waals surface area contributed by atoms with Gasteiger partial charge in [-0.3, -0.25) is 4.79 Å². The third-order valence-electron chi connectivity index (χ3n) is 2.50. The first-order chi connectivity index (χ1) is 9.19. The average Bonchev–Trinajstić information content (AvgIpc) is 2.98. The number of ether oxygens (including phenoxy) is 1. The van der Waals surface area contributed by atoms with Gasteiger partial charge in [-0.05, 0) is 25.5 Å². The first-order valence-electron chi connectivity index (χ1n) is 5.96. The van der Waals surface area contributed by atoms with E-state index in [0.29, 0.717) is 6.54 Å². The number of hydrogen-bond donors (Lipinski definition) is 1. The van der Waals surface area contributed by atoms with Crippen LogP contribution < -0.4 is 5.32 Å². The summed E-state index contributed by atoms with van der Waals surface area (Å²) in [6, 6.07) is 4.18. The van der Waals surface area contributed by atoms with Crippen molar-refractivity contribution < 1.29 is 9.53 Å². The zero-order valence-electron chi connectivity index (χ0n) is 10.9. The number of aryl methyl sites for hydroxylation is 1. The van der Waals surface area contributed by atoms with Crippen molar-refractivity contribution in [1.82, 2.24) is 10.3 Å². The molecule has 0 aliphatic heterocycles. The summed E-state index contributed by atoms with van der Waals surface area (Å²) < 4.78 is 4.75. The van der Waals surface area contributed by atoms with Gasteiger partial charge < -0.3 is 10.1 Å². The van der Waals surface area contributed by atoms with Gasteiger partial charge in [0.1, 0.15) is 6.61 Å². The number of methoxy groups -OCH3 is 1. The molecule has 2 heterocycles. The van der Waals surface area contributed by atoms with E-state index in [1.54, 1.807) is 22.7 Å². The highest BCUT2D eigenvalue weighted by atomic mass is 32.1. The third kappa shape index (κ3) is 4.12. The molecule has 0 aliphatic rings. The lowest BCUT2D eigenvalue weighted by molar-refractivity contribution is -0.124. The topological polar surface area (TPSA) is 51.2 Å². The summed E-state index contributed by atoms with van der Waals surface area (Å²) >= 11 is 3.39. The molecular formula is C13H16N2O2S2. The van der Waals surface area contributed by atoms with E-state index in [-0.39, 0.29) is 12.5 Å². The molecule has 0 saturated carbocycles. The number of amides is 1. The van der Waals surface area contributed by atoms with Gasteiger partial charge in [-0.1, -0.05) is 0 Å². The molecule has 0 saturated heterocycles. The maximum atomic E-state index is 11.2. The molecule has 2 rings (SSSR count). The first kappa shape index (κ1) is 14.2. The number of nitrogens with one attached hydrogen (secondary N) is 1. The fourth-order valence-electron chi connectivity index (χ4n) is 1.63. The van der Waals surface area contributed by atoms with E-state index < -0.39 is 0 Å². The molecule has 19 heavy (non-hydrogen) atoms. The molecule has 1 N–H and O–H groups in total. The van der Waals surface area contributed by atoms with Crippen molar-refractivity contribution in [3.63, 3.8) is 0 Å². The number of hydrogen-bond acceptors (Lipinski definition) is 5. The Bertz CT molecular complexity index is 548. The van der Waals surface area contributed by atoms with Gasteiger partial charge in [0, 0.05) is 23.9 Å². The SMILES string of the molecule is COCC(=O)NCCc1ccc(-c2csc(C)n2)s1. The molecule has 102 valence electrons. The van der Waals surface area contributed by atoms with Crippen molar-refractivity contribution in [2.45, 2.75) is 13.3 Å². The predicted octanol–water partition coefficient (Wildman–Crippen LogP) is 2.49. The highest BCUT2D eigenvalue weighted by Gasteiger charge is 2.06. The minimum Gasteiger partial charge on any atom is -0.375 e. The van der Waals surface area contributed by atoms with E-state index in [1.165, 1.54) is 16.9 Å². The Morgan fingerprint density at radius 2 is 2.32 bits per heavy atom. The summed E-state index contributed by atoms with van der Waals surface area (Å²) in [4.78, 5) is 18.1. The van der Waals surface area contributed by atoms with Crippen molar-refractivity contribution in [1.29, 1.82) is 0 Å². The maximum absolute atomic E-state index is 11.2. The fraction of sp³-hybridized carbons (Fsp3) is 0.385. The van der Waals surface area contributed by atoms with Crippen LogP contribution >= 0.6 is 22.7 Å². The second-order valence-electron chi connectivity index (χ2n) is 4.05. The standard InChI is InChI=1S/C13H16N2O2S2/c1-9-15-11(8-18-9)12-4-3-10(19-12)5-6-14-13(16)7-17-2/h3-4,8H,5-7H2,1-2H3,(H,14,16). The lowest BCUT2D eigenvalue weighted by atomic mass is 10.3. The zero-order chi connectivity index (χ0) is 13.7. The number of thiazole rings is 1. The van der Waals surface area contributed by atoms with Crippen LogP contribution in [0, 0.1) is 6.92 Å². The maximum Gasteiger partial charge on any atom is 0.245 e. The number of carbonyl (C=O) groups is 1. The fourth-order valence-corrected chi connectivity index (χ4v) is 3.29.